The number of amides is 2. The molecule has 0 spiro atoms. The Morgan fingerprint density at radius 1 is 1.08 bits per heavy atom. The second-order valence-corrected chi connectivity index (χ2v) is 6.96. The van der Waals surface area contributed by atoms with Gasteiger partial charge in [0.25, 0.3) is 0 Å². The fourth-order valence-electron chi connectivity index (χ4n) is 3.26. The summed E-state index contributed by atoms with van der Waals surface area (Å²) in [4.78, 5) is 23.6. The molecule has 1 fully saturated rings. The van der Waals surface area contributed by atoms with Gasteiger partial charge in [-0.1, -0.05) is 17.7 Å². The van der Waals surface area contributed by atoms with Crippen molar-refractivity contribution in [3.63, 3.8) is 0 Å². The van der Waals surface area contributed by atoms with Gasteiger partial charge in [0.1, 0.15) is 11.6 Å². The minimum Gasteiger partial charge on any atom is -0.357 e. The molecule has 1 saturated heterocycles. The summed E-state index contributed by atoms with van der Waals surface area (Å²) in [7, 11) is 0. The number of nitrogens with zero attached hydrogens (tertiary/aromatic N) is 3. The first-order chi connectivity index (χ1) is 12.5. The zero-order valence-corrected chi connectivity index (χ0v) is 15.8. The van der Waals surface area contributed by atoms with Gasteiger partial charge in [-0.05, 0) is 51.7 Å². The fraction of sp³-hybridized carbons (Fsp3) is 0.450. The number of carbonyl (C=O) groups excluding carboxylic acids is 1. The number of hydrogen-bond donors (Lipinski definition) is 2. The number of anilines is 2. The maximum absolute atomic E-state index is 12.2. The summed E-state index contributed by atoms with van der Waals surface area (Å²) >= 11 is 0. The molecule has 2 amide bonds. The van der Waals surface area contributed by atoms with Crippen LogP contribution in [0.15, 0.2) is 24.3 Å². The van der Waals surface area contributed by atoms with E-state index in [-0.39, 0.29) is 6.03 Å². The number of benzene rings is 1. The molecule has 0 bridgehead atoms. The van der Waals surface area contributed by atoms with E-state index in [9.17, 15) is 4.79 Å². The lowest BCUT2D eigenvalue weighted by molar-refractivity contribution is 0.251. The number of nitrogens with one attached hydrogen (secondary N) is 2. The van der Waals surface area contributed by atoms with Crippen molar-refractivity contribution in [2.24, 2.45) is 0 Å². The van der Waals surface area contributed by atoms with E-state index in [1.165, 1.54) is 24.8 Å². The Hall–Kier alpha value is -2.63. The average Bonchev–Trinajstić information content (AvgIpc) is 2.63. The number of urea groups is 1. The van der Waals surface area contributed by atoms with E-state index in [0.29, 0.717) is 12.4 Å². The number of hydrogen-bond acceptors (Lipinski definition) is 4. The molecule has 6 nitrogen and oxygen atoms in total. The molecule has 0 aliphatic carbocycles. The average molecular weight is 353 g/mol. The Bertz CT molecular complexity index is 784. The van der Waals surface area contributed by atoms with Crippen LogP contribution in [0.1, 0.15) is 41.9 Å². The highest BCUT2D eigenvalue weighted by Gasteiger charge is 2.14. The number of carbonyl (C=O) groups is 1. The molecule has 1 aliphatic rings. The molecule has 1 aliphatic heterocycles. The molecule has 1 aromatic carbocycles. The van der Waals surface area contributed by atoms with E-state index in [4.69, 9.17) is 0 Å². The Morgan fingerprint density at radius 3 is 2.58 bits per heavy atom. The topological polar surface area (TPSA) is 70.2 Å². The van der Waals surface area contributed by atoms with Gasteiger partial charge < -0.3 is 15.5 Å². The third-order valence-corrected chi connectivity index (χ3v) is 4.60. The summed E-state index contributed by atoms with van der Waals surface area (Å²) in [6.45, 7) is 8.36. The van der Waals surface area contributed by atoms with Crippen LogP contribution in [0.3, 0.4) is 0 Å². The third-order valence-electron chi connectivity index (χ3n) is 4.60. The lowest BCUT2D eigenvalue weighted by Crippen LogP contribution is -2.32. The molecule has 26 heavy (non-hydrogen) atoms. The predicted octanol–water partition coefficient (Wildman–Crippen LogP) is 3.71. The van der Waals surface area contributed by atoms with Crippen molar-refractivity contribution in [2.45, 2.75) is 46.6 Å². The first kappa shape index (κ1) is 18.2. The molecule has 138 valence electrons. The van der Waals surface area contributed by atoms with E-state index in [1.54, 1.807) is 0 Å². The van der Waals surface area contributed by atoms with Crippen molar-refractivity contribution in [3.8, 4) is 0 Å². The van der Waals surface area contributed by atoms with Crippen molar-refractivity contribution in [1.82, 2.24) is 15.3 Å². The van der Waals surface area contributed by atoms with E-state index < -0.39 is 0 Å². The highest BCUT2D eigenvalue weighted by Crippen LogP contribution is 2.18. The molecule has 0 atom stereocenters. The maximum atomic E-state index is 12.2. The molecular weight excluding hydrogens is 326 g/mol. The minimum atomic E-state index is -0.249. The number of rotatable bonds is 4. The van der Waals surface area contributed by atoms with Crippen molar-refractivity contribution >= 4 is 17.5 Å². The third kappa shape index (κ3) is 4.71. The number of aromatic nitrogens is 2. The smallest absolute Gasteiger partial charge is 0.319 e. The Balaban J connectivity index is 1.61. The molecule has 2 aromatic rings. The summed E-state index contributed by atoms with van der Waals surface area (Å²) in [5, 5.41) is 5.74. The summed E-state index contributed by atoms with van der Waals surface area (Å²) in [5.41, 5.74) is 3.95. The summed E-state index contributed by atoms with van der Waals surface area (Å²) in [6.07, 6.45) is 3.69. The van der Waals surface area contributed by atoms with E-state index in [2.05, 4.69) is 25.5 Å². The van der Waals surface area contributed by atoms with Crippen LogP contribution in [0.5, 0.6) is 0 Å². The lowest BCUT2D eigenvalue weighted by atomic mass is 10.1. The lowest BCUT2D eigenvalue weighted by Gasteiger charge is -2.28. The van der Waals surface area contributed by atoms with E-state index in [0.717, 1.165) is 35.9 Å². The highest BCUT2D eigenvalue weighted by atomic mass is 16.2. The Morgan fingerprint density at radius 2 is 1.85 bits per heavy atom. The molecule has 0 radical (unpaired) electrons. The molecule has 2 N–H and O–H groups in total. The van der Waals surface area contributed by atoms with Gasteiger partial charge in [-0.15, -0.1) is 0 Å². The highest BCUT2D eigenvalue weighted by molar-refractivity contribution is 5.90. The standard InChI is InChI=1S/C20H27N5O/c1-14-7-8-17(15(2)11-14)23-20(26)21-13-18-22-16(3)12-19(24-18)25-9-5-4-6-10-25/h7-8,11-12H,4-6,9-10,13H2,1-3H3,(H2,21,23,26). The maximum Gasteiger partial charge on any atom is 0.319 e. The van der Waals surface area contributed by atoms with E-state index in [1.807, 2.05) is 45.0 Å². The predicted molar refractivity (Wildman–Crippen MR) is 105 cm³/mol. The second-order valence-electron chi connectivity index (χ2n) is 6.96. The SMILES string of the molecule is Cc1ccc(NC(=O)NCc2nc(C)cc(N3CCCCC3)n2)c(C)c1. The number of aryl methyl sites for hydroxylation is 3. The second kappa shape index (κ2) is 8.17. The van der Waals surface area contributed by atoms with Crippen LogP contribution in [0, 0.1) is 20.8 Å². The summed E-state index contributed by atoms with van der Waals surface area (Å²) < 4.78 is 0. The normalized spacial score (nSPS) is 14.2. The summed E-state index contributed by atoms with van der Waals surface area (Å²) in [6, 6.07) is 7.72. The molecule has 3 rings (SSSR count). The van der Waals surface area contributed by atoms with Crippen LogP contribution < -0.4 is 15.5 Å². The summed E-state index contributed by atoms with van der Waals surface area (Å²) in [5.74, 6) is 1.60. The van der Waals surface area contributed by atoms with Crippen LogP contribution in [-0.4, -0.2) is 29.1 Å². The largest absolute Gasteiger partial charge is 0.357 e. The van der Waals surface area contributed by atoms with Gasteiger partial charge in [-0.25, -0.2) is 14.8 Å². The van der Waals surface area contributed by atoms with Crippen LogP contribution in [0.2, 0.25) is 0 Å². The van der Waals surface area contributed by atoms with Crippen LogP contribution >= 0.6 is 0 Å². The van der Waals surface area contributed by atoms with Crippen LogP contribution in [0.4, 0.5) is 16.3 Å². The molecular formula is C20H27N5O. The quantitative estimate of drug-likeness (QED) is 0.879. The fourth-order valence-corrected chi connectivity index (χ4v) is 3.26. The molecule has 0 unspecified atom stereocenters. The minimum absolute atomic E-state index is 0.249. The van der Waals surface area contributed by atoms with Gasteiger partial charge in [0.05, 0.1) is 6.54 Å². The van der Waals surface area contributed by atoms with Gasteiger partial charge in [0, 0.05) is 30.5 Å². The Kier molecular flexibility index (Phi) is 5.71. The van der Waals surface area contributed by atoms with Gasteiger partial charge in [0.15, 0.2) is 0 Å². The van der Waals surface area contributed by atoms with Crippen molar-refractivity contribution in [2.75, 3.05) is 23.3 Å². The van der Waals surface area contributed by atoms with Crippen molar-refractivity contribution in [1.29, 1.82) is 0 Å². The van der Waals surface area contributed by atoms with Gasteiger partial charge in [-0.3, -0.25) is 0 Å². The molecule has 1 aromatic heterocycles. The van der Waals surface area contributed by atoms with Gasteiger partial charge >= 0.3 is 6.03 Å². The first-order valence-corrected chi connectivity index (χ1v) is 9.23. The molecule has 2 heterocycles. The van der Waals surface area contributed by atoms with Gasteiger partial charge in [0.2, 0.25) is 0 Å². The number of piperidine rings is 1. The molecule has 0 saturated carbocycles. The van der Waals surface area contributed by atoms with Crippen LogP contribution in [-0.2, 0) is 6.54 Å². The van der Waals surface area contributed by atoms with E-state index >= 15 is 0 Å². The Labute approximate surface area is 155 Å². The molecule has 6 heteroatoms. The monoisotopic (exact) mass is 353 g/mol. The van der Waals surface area contributed by atoms with Crippen molar-refractivity contribution < 1.29 is 4.79 Å². The van der Waals surface area contributed by atoms with Crippen LogP contribution in [0.25, 0.3) is 0 Å². The first-order valence-electron chi connectivity index (χ1n) is 9.23. The zero-order chi connectivity index (χ0) is 18.5. The zero-order valence-electron chi connectivity index (χ0n) is 15.8. The van der Waals surface area contributed by atoms with Crippen molar-refractivity contribution in [3.05, 3.63) is 46.9 Å². The van der Waals surface area contributed by atoms with Gasteiger partial charge in [-0.2, -0.15) is 0 Å².